The van der Waals surface area contributed by atoms with Crippen LogP contribution < -0.4 is 10.5 Å². The number of hydrogen-bond donors (Lipinski definition) is 1. The first kappa shape index (κ1) is 27.0. The molecule has 212 valence electrons. The van der Waals surface area contributed by atoms with Gasteiger partial charge >= 0.3 is 0 Å². The second-order valence-corrected chi connectivity index (χ2v) is 11.5. The van der Waals surface area contributed by atoms with Crippen LogP contribution in [0.25, 0.3) is 22.2 Å². The molecule has 2 aromatic heterocycles. The van der Waals surface area contributed by atoms with Crippen LogP contribution in [0.4, 0.5) is 5.82 Å². The molecule has 0 radical (unpaired) electrons. The predicted octanol–water partition coefficient (Wildman–Crippen LogP) is 5.49. The maximum absolute atomic E-state index is 6.46. The van der Waals surface area contributed by atoms with E-state index in [2.05, 4.69) is 62.8 Å². The third kappa shape index (κ3) is 5.94. The summed E-state index contributed by atoms with van der Waals surface area (Å²) in [6.07, 6.45) is 16.2. The predicted molar refractivity (Wildman–Crippen MR) is 160 cm³/mol. The van der Waals surface area contributed by atoms with E-state index < -0.39 is 0 Å². The van der Waals surface area contributed by atoms with Crippen LogP contribution in [-0.2, 0) is 4.74 Å². The lowest BCUT2D eigenvalue weighted by Gasteiger charge is -2.34. The standard InChI is InChI=1S/C32H42N6O2/c1-3-5-26(6-4-13-36-14-16-37(17-15-36)22-39-2)38-20-29(30-31(33)34-21-35-32(30)38)23-7-10-27(11-8-23)40-28-12-9-24-18-25(24)19-28/h7-12,19-21,24-26H,3-6,13-18,22H2,1-2H3,(H2,33,34,35)/t24?,25?,26-/m0/s1. The molecule has 0 bridgehead atoms. The Hall–Kier alpha value is -3.20. The lowest BCUT2D eigenvalue weighted by Crippen LogP contribution is -2.47. The summed E-state index contributed by atoms with van der Waals surface area (Å²) in [7, 11) is 1.77. The van der Waals surface area contributed by atoms with E-state index in [0.29, 0.717) is 17.8 Å². The summed E-state index contributed by atoms with van der Waals surface area (Å²) in [5.74, 6) is 3.71. The molecule has 3 aromatic rings. The third-order valence-corrected chi connectivity index (χ3v) is 8.62. The summed E-state index contributed by atoms with van der Waals surface area (Å²) in [6, 6.07) is 8.69. The van der Waals surface area contributed by atoms with Crippen molar-refractivity contribution in [3.63, 3.8) is 0 Å². The number of piperazine rings is 1. The Balaban J connectivity index is 1.18. The molecular weight excluding hydrogens is 500 g/mol. The quantitative estimate of drug-likeness (QED) is 0.324. The van der Waals surface area contributed by atoms with Gasteiger partial charge in [0.15, 0.2) is 0 Å². The number of benzene rings is 1. The van der Waals surface area contributed by atoms with Gasteiger partial charge in [-0.05, 0) is 73.9 Å². The minimum absolute atomic E-state index is 0.365. The summed E-state index contributed by atoms with van der Waals surface area (Å²) in [5, 5.41) is 0.934. The van der Waals surface area contributed by atoms with E-state index in [9.17, 15) is 0 Å². The van der Waals surface area contributed by atoms with Gasteiger partial charge in [-0.3, -0.25) is 4.90 Å². The van der Waals surface area contributed by atoms with Crippen molar-refractivity contribution < 1.29 is 9.47 Å². The minimum Gasteiger partial charge on any atom is -0.458 e. The number of methoxy groups -OCH3 is 1. The number of nitrogen functional groups attached to an aromatic ring is 1. The van der Waals surface area contributed by atoms with Crippen LogP contribution in [0.5, 0.6) is 5.75 Å². The lowest BCUT2D eigenvalue weighted by molar-refractivity contribution is 0.0264. The Bertz CT molecular complexity index is 1360. The number of ether oxygens (including phenoxy) is 2. The first-order valence-corrected chi connectivity index (χ1v) is 14.9. The van der Waals surface area contributed by atoms with Crippen molar-refractivity contribution in [3.05, 3.63) is 60.8 Å². The molecule has 2 N–H and O–H groups in total. The maximum atomic E-state index is 6.46. The van der Waals surface area contributed by atoms with E-state index in [1.54, 1.807) is 13.4 Å². The van der Waals surface area contributed by atoms with E-state index in [0.717, 1.165) is 105 Å². The fraction of sp³-hybridized carbons (Fsp3) is 0.500. The molecule has 3 heterocycles. The van der Waals surface area contributed by atoms with Crippen LogP contribution in [0.2, 0.25) is 0 Å². The SMILES string of the molecule is CCC[C@@H](CCCN1CCN(COC)CC1)n1cc(-c2ccc(OC3=CC4CC4C=C3)cc2)c2c(N)ncnc21. The summed E-state index contributed by atoms with van der Waals surface area (Å²) >= 11 is 0. The summed E-state index contributed by atoms with van der Waals surface area (Å²) in [4.78, 5) is 14.0. The second-order valence-electron chi connectivity index (χ2n) is 11.5. The van der Waals surface area contributed by atoms with Gasteiger partial charge in [-0.25, -0.2) is 9.97 Å². The molecule has 0 spiro atoms. The molecule has 2 aliphatic carbocycles. The van der Waals surface area contributed by atoms with E-state index >= 15 is 0 Å². The molecule has 2 unspecified atom stereocenters. The van der Waals surface area contributed by atoms with Gasteiger partial charge < -0.3 is 24.7 Å². The molecule has 8 nitrogen and oxygen atoms in total. The highest BCUT2D eigenvalue weighted by Gasteiger charge is 2.35. The van der Waals surface area contributed by atoms with Gasteiger partial charge in [-0.1, -0.05) is 31.6 Å². The zero-order valence-corrected chi connectivity index (χ0v) is 23.8. The number of rotatable bonds is 12. The number of nitrogens with zero attached hydrogens (tertiary/aromatic N) is 5. The Labute approximate surface area is 237 Å². The first-order chi connectivity index (χ1) is 19.6. The molecule has 2 fully saturated rings. The average molecular weight is 543 g/mol. The zero-order chi connectivity index (χ0) is 27.5. The number of anilines is 1. The van der Waals surface area contributed by atoms with Crippen molar-refractivity contribution in [2.24, 2.45) is 11.8 Å². The molecular formula is C32H42N6O2. The summed E-state index contributed by atoms with van der Waals surface area (Å²) < 4.78 is 13.8. The van der Waals surface area contributed by atoms with E-state index in [1.807, 2.05) is 12.1 Å². The van der Waals surface area contributed by atoms with Gasteiger partial charge in [0.1, 0.15) is 29.3 Å². The fourth-order valence-electron chi connectivity index (χ4n) is 6.28. The summed E-state index contributed by atoms with van der Waals surface area (Å²) in [5.41, 5.74) is 9.55. The van der Waals surface area contributed by atoms with E-state index in [4.69, 9.17) is 20.2 Å². The minimum atomic E-state index is 0.365. The second kappa shape index (κ2) is 12.1. The van der Waals surface area contributed by atoms with Crippen LogP contribution in [-0.4, -0.2) is 70.9 Å². The van der Waals surface area contributed by atoms with Crippen LogP contribution in [0.15, 0.2) is 60.8 Å². The first-order valence-electron chi connectivity index (χ1n) is 14.9. The number of fused-ring (bicyclic) bond motifs is 2. The van der Waals surface area contributed by atoms with E-state index in [1.165, 1.54) is 6.42 Å². The van der Waals surface area contributed by atoms with Gasteiger partial charge in [0, 0.05) is 51.1 Å². The molecule has 8 heteroatoms. The zero-order valence-electron chi connectivity index (χ0n) is 23.8. The molecule has 6 rings (SSSR count). The maximum Gasteiger partial charge on any atom is 0.146 e. The highest BCUT2D eigenvalue weighted by molar-refractivity contribution is 6.00. The molecule has 1 aromatic carbocycles. The van der Waals surface area contributed by atoms with Crippen molar-refractivity contribution in [1.29, 1.82) is 0 Å². The Morgan fingerprint density at radius 1 is 1.02 bits per heavy atom. The third-order valence-electron chi connectivity index (χ3n) is 8.62. The van der Waals surface area contributed by atoms with Crippen LogP contribution in [0, 0.1) is 11.8 Å². The number of nitrogens with two attached hydrogens (primary N) is 1. The molecule has 3 atom stereocenters. The van der Waals surface area contributed by atoms with Crippen molar-refractivity contribution in [1.82, 2.24) is 24.3 Å². The van der Waals surface area contributed by atoms with Gasteiger partial charge in [-0.2, -0.15) is 0 Å². The monoisotopic (exact) mass is 542 g/mol. The number of aromatic nitrogens is 3. The van der Waals surface area contributed by atoms with Crippen LogP contribution in [0.1, 0.15) is 45.1 Å². The Kier molecular flexibility index (Phi) is 8.18. The van der Waals surface area contributed by atoms with Crippen molar-refractivity contribution >= 4 is 16.9 Å². The average Bonchev–Trinajstić information content (AvgIpc) is 3.64. The highest BCUT2D eigenvalue weighted by atomic mass is 16.5. The Morgan fingerprint density at radius 2 is 1.82 bits per heavy atom. The smallest absolute Gasteiger partial charge is 0.146 e. The van der Waals surface area contributed by atoms with Gasteiger partial charge in [0.2, 0.25) is 0 Å². The van der Waals surface area contributed by atoms with Crippen molar-refractivity contribution in [3.8, 4) is 16.9 Å². The molecule has 3 aliphatic rings. The number of allylic oxidation sites excluding steroid dienone is 3. The lowest BCUT2D eigenvalue weighted by atomic mass is 10.1. The Morgan fingerprint density at radius 3 is 2.58 bits per heavy atom. The number of hydrogen-bond acceptors (Lipinski definition) is 7. The normalized spacial score (nSPS) is 21.8. The van der Waals surface area contributed by atoms with Crippen molar-refractivity contribution in [2.75, 3.05) is 52.3 Å². The summed E-state index contributed by atoms with van der Waals surface area (Å²) in [6.45, 7) is 8.48. The van der Waals surface area contributed by atoms with Gasteiger partial charge in [-0.15, -0.1) is 0 Å². The molecule has 0 amide bonds. The molecule has 1 aliphatic heterocycles. The highest BCUT2D eigenvalue weighted by Crippen LogP contribution is 2.44. The van der Waals surface area contributed by atoms with Gasteiger partial charge in [0.25, 0.3) is 0 Å². The molecule has 1 saturated carbocycles. The fourth-order valence-corrected chi connectivity index (χ4v) is 6.28. The molecule has 1 saturated heterocycles. The topological polar surface area (TPSA) is 81.7 Å². The van der Waals surface area contributed by atoms with E-state index in [-0.39, 0.29) is 0 Å². The van der Waals surface area contributed by atoms with Crippen molar-refractivity contribution in [2.45, 2.75) is 45.1 Å². The van der Waals surface area contributed by atoms with Crippen LogP contribution >= 0.6 is 0 Å². The van der Waals surface area contributed by atoms with Crippen LogP contribution in [0.3, 0.4) is 0 Å². The van der Waals surface area contributed by atoms with Gasteiger partial charge in [0.05, 0.1) is 12.1 Å². The largest absolute Gasteiger partial charge is 0.458 e. The molecule has 40 heavy (non-hydrogen) atoms.